The first-order chi connectivity index (χ1) is 11.6. The van der Waals surface area contributed by atoms with Crippen LogP contribution in [-0.4, -0.2) is 36.3 Å². The Hall–Kier alpha value is -1.84. The molecule has 3 rings (SSSR count). The van der Waals surface area contributed by atoms with E-state index in [9.17, 15) is 9.59 Å². The van der Waals surface area contributed by atoms with Gasteiger partial charge in [0.05, 0.1) is 0 Å². The molecule has 4 nitrogen and oxygen atoms in total. The molecule has 1 saturated carbocycles. The van der Waals surface area contributed by atoms with Gasteiger partial charge < -0.3 is 9.80 Å². The zero-order chi connectivity index (χ0) is 17.2. The second kappa shape index (κ2) is 6.96. The highest BCUT2D eigenvalue weighted by molar-refractivity contribution is 6.14. The second-order valence-electron chi connectivity index (χ2n) is 7.06. The predicted molar refractivity (Wildman–Crippen MR) is 95.9 cm³/mol. The molecule has 0 unspecified atom stereocenters. The maximum atomic E-state index is 13.3. The Morgan fingerprint density at radius 3 is 2.42 bits per heavy atom. The number of anilines is 1. The maximum Gasteiger partial charge on any atom is 0.242 e. The molecule has 130 valence electrons. The standard InChI is InChI=1S/C20H28N2O2/c1-3-13-21(14-4-2)18(23)20(11-12-20)19(24)22-15-7-9-16-8-5-6-10-17(16)22/h5-6,8,10H,3-4,7,9,11-15H2,1-2H3. The van der Waals surface area contributed by atoms with E-state index < -0.39 is 5.41 Å². The largest absolute Gasteiger partial charge is 0.342 e. The Balaban J connectivity index is 1.83. The van der Waals surface area contributed by atoms with E-state index >= 15 is 0 Å². The van der Waals surface area contributed by atoms with Crippen molar-refractivity contribution in [3.63, 3.8) is 0 Å². The summed E-state index contributed by atoms with van der Waals surface area (Å²) >= 11 is 0. The number of fused-ring (bicyclic) bond motifs is 1. The Morgan fingerprint density at radius 2 is 1.79 bits per heavy atom. The third-order valence-corrected chi connectivity index (χ3v) is 5.20. The summed E-state index contributed by atoms with van der Waals surface area (Å²) in [4.78, 5) is 30.1. The van der Waals surface area contributed by atoms with Crippen LogP contribution in [0.2, 0.25) is 0 Å². The van der Waals surface area contributed by atoms with E-state index in [1.54, 1.807) is 0 Å². The summed E-state index contributed by atoms with van der Waals surface area (Å²) in [6.45, 7) is 6.39. The Labute approximate surface area is 144 Å². The van der Waals surface area contributed by atoms with Crippen molar-refractivity contribution in [2.24, 2.45) is 5.41 Å². The van der Waals surface area contributed by atoms with Crippen molar-refractivity contribution in [2.75, 3.05) is 24.5 Å². The molecule has 1 aromatic rings. The summed E-state index contributed by atoms with van der Waals surface area (Å²) in [6, 6.07) is 8.11. The van der Waals surface area contributed by atoms with Gasteiger partial charge in [-0.2, -0.15) is 0 Å². The van der Waals surface area contributed by atoms with Gasteiger partial charge in [0.1, 0.15) is 5.41 Å². The third kappa shape index (κ3) is 2.94. The maximum absolute atomic E-state index is 13.3. The van der Waals surface area contributed by atoms with Gasteiger partial charge in [-0.1, -0.05) is 32.0 Å². The fourth-order valence-corrected chi connectivity index (χ4v) is 3.80. The molecule has 1 fully saturated rings. The molecule has 0 spiro atoms. The molecular formula is C20H28N2O2. The highest BCUT2D eigenvalue weighted by Crippen LogP contribution is 2.50. The molecule has 1 aromatic carbocycles. The summed E-state index contributed by atoms with van der Waals surface area (Å²) in [5.41, 5.74) is 1.44. The molecule has 0 atom stereocenters. The Morgan fingerprint density at radius 1 is 1.12 bits per heavy atom. The number of rotatable bonds is 6. The van der Waals surface area contributed by atoms with Crippen LogP contribution < -0.4 is 4.90 Å². The van der Waals surface area contributed by atoms with Crippen LogP contribution >= 0.6 is 0 Å². The van der Waals surface area contributed by atoms with Crippen LogP contribution in [-0.2, 0) is 16.0 Å². The molecule has 24 heavy (non-hydrogen) atoms. The average molecular weight is 328 g/mol. The number of amides is 2. The van der Waals surface area contributed by atoms with Crippen LogP contribution in [0.1, 0.15) is 51.5 Å². The molecule has 0 saturated heterocycles. The zero-order valence-electron chi connectivity index (χ0n) is 14.9. The molecule has 0 aromatic heterocycles. The van der Waals surface area contributed by atoms with E-state index in [0.29, 0.717) is 12.8 Å². The smallest absolute Gasteiger partial charge is 0.242 e. The van der Waals surface area contributed by atoms with Crippen molar-refractivity contribution < 1.29 is 9.59 Å². The fraction of sp³-hybridized carbons (Fsp3) is 0.600. The van der Waals surface area contributed by atoms with E-state index in [1.165, 1.54) is 5.56 Å². The van der Waals surface area contributed by atoms with E-state index in [0.717, 1.165) is 51.0 Å². The fourth-order valence-electron chi connectivity index (χ4n) is 3.80. The summed E-state index contributed by atoms with van der Waals surface area (Å²) in [6.07, 6.45) is 5.25. The van der Waals surface area contributed by atoms with Gasteiger partial charge in [-0.25, -0.2) is 0 Å². The third-order valence-electron chi connectivity index (χ3n) is 5.20. The van der Waals surface area contributed by atoms with Crippen molar-refractivity contribution in [1.82, 2.24) is 4.90 Å². The SMILES string of the molecule is CCCN(CCC)C(=O)C1(C(=O)N2CCCc3ccccc32)CC1. The monoisotopic (exact) mass is 328 g/mol. The Bertz CT molecular complexity index is 616. The number of aryl methyl sites for hydroxylation is 1. The van der Waals surface area contributed by atoms with Gasteiger partial charge in [0.2, 0.25) is 11.8 Å². The molecule has 0 bridgehead atoms. The number of carbonyl (C=O) groups excluding carboxylic acids is 2. The van der Waals surface area contributed by atoms with Gasteiger partial charge in [0.25, 0.3) is 0 Å². The van der Waals surface area contributed by atoms with Crippen molar-refractivity contribution >= 4 is 17.5 Å². The lowest BCUT2D eigenvalue weighted by Gasteiger charge is -2.34. The lowest BCUT2D eigenvalue weighted by molar-refractivity contribution is -0.143. The molecule has 1 aliphatic carbocycles. The van der Waals surface area contributed by atoms with Gasteiger partial charge in [-0.05, 0) is 50.2 Å². The summed E-state index contributed by atoms with van der Waals surface area (Å²) in [5, 5.41) is 0. The minimum absolute atomic E-state index is 0.0249. The first-order valence-electron chi connectivity index (χ1n) is 9.33. The van der Waals surface area contributed by atoms with E-state index in [1.807, 2.05) is 28.0 Å². The predicted octanol–water partition coefficient (Wildman–Crippen LogP) is 3.39. The lowest BCUT2D eigenvalue weighted by Crippen LogP contribution is -2.48. The van der Waals surface area contributed by atoms with Crippen LogP contribution in [0.4, 0.5) is 5.69 Å². The molecule has 0 radical (unpaired) electrons. The van der Waals surface area contributed by atoms with Crippen molar-refractivity contribution in [1.29, 1.82) is 0 Å². The van der Waals surface area contributed by atoms with Gasteiger partial charge in [0.15, 0.2) is 0 Å². The zero-order valence-corrected chi connectivity index (χ0v) is 14.9. The van der Waals surface area contributed by atoms with Crippen LogP contribution in [0.25, 0.3) is 0 Å². The summed E-state index contributed by atoms with van der Waals surface area (Å²) in [5.74, 6) is 0.0797. The quantitative estimate of drug-likeness (QED) is 0.751. The normalized spacial score (nSPS) is 18.0. The minimum atomic E-state index is -0.783. The number of nitrogens with zero attached hydrogens (tertiary/aromatic N) is 2. The number of carbonyl (C=O) groups is 2. The highest BCUT2D eigenvalue weighted by atomic mass is 16.2. The molecule has 1 heterocycles. The average Bonchev–Trinajstić information content (AvgIpc) is 3.42. The topological polar surface area (TPSA) is 40.6 Å². The highest BCUT2D eigenvalue weighted by Gasteiger charge is 2.59. The first kappa shape index (κ1) is 17.0. The summed E-state index contributed by atoms with van der Waals surface area (Å²) in [7, 11) is 0. The molecule has 4 heteroatoms. The lowest BCUT2D eigenvalue weighted by atomic mass is 9.97. The van der Waals surface area contributed by atoms with Crippen molar-refractivity contribution in [3.05, 3.63) is 29.8 Å². The van der Waals surface area contributed by atoms with Gasteiger partial charge >= 0.3 is 0 Å². The number of benzene rings is 1. The van der Waals surface area contributed by atoms with Crippen LogP contribution in [0.5, 0.6) is 0 Å². The van der Waals surface area contributed by atoms with E-state index in [2.05, 4.69) is 19.9 Å². The van der Waals surface area contributed by atoms with Crippen LogP contribution in [0.3, 0.4) is 0 Å². The Kier molecular flexibility index (Phi) is 4.93. The van der Waals surface area contributed by atoms with Crippen molar-refractivity contribution in [2.45, 2.75) is 52.4 Å². The second-order valence-corrected chi connectivity index (χ2v) is 7.06. The van der Waals surface area contributed by atoms with Gasteiger partial charge in [-0.3, -0.25) is 9.59 Å². The molecule has 0 N–H and O–H groups in total. The molecular weight excluding hydrogens is 300 g/mol. The minimum Gasteiger partial charge on any atom is -0.342 e. The number of hydrogen-bond donors (Lipinski definition) is 0. The number of para-hydroxylation sites is 1. The van der Waals surface area contributed by atoms with Gasteiger partial charge in [0, 0.05) is 25.3 Å². The summed E-state index contributed by atoms with van der Waals surface area (Å²) < 4.78 is 0. The van der Waals surface area contributed by atoms with E-state index in [4.69, 9.17) is 0 Å². The molecule has 2 amide bonds. The van der Waals surface area contributed by atoms with Crippen LogP contribution in [0, 0.1) is 5.41 Å². The molecule has 2 aliphatic rings. The number of hydrogen-bond acceptors (Lipinski definition) is 2. The first-order valence-corrected chi connectivity index (χ1v) is 9.33. The van der Waals surface area contributed by atoms with Gasteiger partial charge in [-0.15, -0.1) is 0 Å². The van der Waals surface area contributed by atoms with Crippen LogP contribution in [0.15, 0.2) is 24.3 Å². The molecule has 1 aliphatic heterocycles. The van der Waals surface area contributed by atoms with Crippen molar-refractivity contribution in [3.8, 4) is 0 Å². The van der Waals surface area contributed by atoms with E-state index in [-0.39, 0.29) is 11.8 Å².